The summed E-state index contributed by atoms with van der Waals surface area (Å²) in [5.41, 5.74) is 2.41. The zero-order valence-corrected chi connectivity index (χ0v) is 19.1. The van der Waals surface area contributed by atoms with Crippen molar-refractivity contribution in [2.75, 3.05) is 19.8 Å². The van der Waals surface area contributed by atoms with Gasteiger partial charge in [-0.2, -0.15) is 0 Å². The van der Waals surface area contributed by atoms with Crippen LogP contribution in [0.1, 0.15) is 65.0 Å². The number of aryl methyl sites for hydroxylation is 2. The Kier molecular flexibility index (Phi) is 21.5. The third-order valence-electron chi connectivity index (χ3n) is 3.41. The van der Waals surface area contributed by atoms with Crippen LogP contribution in [-0.4, -0.2) is 24.9 Å². The van der Waals surface area contributed by atoms with Crippen LogP contribution in [0.5, 0.6) is 11.5 Å². The summed E-state index contributed by atoms with van der Waals surface area (Å²) >= 11 is 0. The standard InChI is InChI=1S/C11H16O.C10H14O2.2C2H6/c1-3-4-9-12-11-8-6-5-7-10(11)2;1-9-4-2-5-10(8-9)12-7-3-6-11;2*1-2/h5-8H,3-4,9H2,1-2H3;2,4-5,8,11H,3,6-7H2,1H3;2*1-2H3. The fraction of sp³-hybridized carbons (Fsp3) is 0.520. The fourth-order valence-corrected chi connectivity index (χ4v) is 2.00. The Labute approximate surface area is 173 Å². The first-order chi connectivity index (χ1) is 13.7. The van der Waals surface area contributed by atoms with Crippen LogP contribution in [-0.2, 0) is 0 Å². The van der Waals surface area contributed by atoms with Crippen molar-refractivity contribution < 1.29 is 14.6 Å². The highest BCUT2D eigenvalue weighted by Gasteiger charge is 1.95. The molecular weight excluding hydrogens is 348 g/mol. The quantitative estimate of drug-likeness (QED) is 0.494. The SMILES string of the molecule is CC.CC.CCCCOc1ccccc1C.Cc1cccc(OCCCO)c1. The van der Waals surface area contributed by atoms with Crippen molar-refractivity contribution in [2.45, 2.75) is 67.7 Å². The molecule has 3 heteroatoms. The Hall–Kier alpha value is -2.00. The molecule has 160 valence electrons. The minimum absolute atomic E-state index is 0.186. The summed E-state index contributed by atoms with van der Waals surface area (Å²) in [5.74, 6) is 1.90. The first-order valence-corrected chi connectivity index (χ1v) is 10.7. The maximum Gasteiger partial charge on any atom is 0.122 e. The van der Waals surface area contributed by atoms with E-state index in [2.05, 4.69) is 19.9 Å². The van der Waals surface area contributed by atoms with E-state index < -0.39 is 0 Å². The minimum Gasteiger partial charge on any atom is -0.493 e. The largest absolute Gasteiger partial charge is 0.493 e. The molecule has 2 rings (SSSR count). The second-order valence-corrected chi connectivity index (χ2v) is 5.71. The van der Waals surface area contributed by atoms with E-state index in [9.17, 15) is 0 Å². The Balaban J connectivity index is 0. The van der Waals surface area contributed by atoms with Gasteiger partial charge in [0.25, 0.3) is 0 Å². The molecule has 0 aliphatic carbocycles. The molecule has 0 bridgehead atoms. The van der Waals surface area contributed by atoms with Gasteiger partial charge in [-0.15, -0.1) is 0 Å². The van der Waals surface area contributed by atoms with Gasteiger partial charge in [0, 0.05) is 13.0 Å². The smallest absolute Gasteiger partial charge is 0.122 e. The molecule has 0 fully saturated rings. The normalized spacial score (nSPS) is 8.86. The molecule has 0 aliphatic rings. The van der Waals surface area contributed by atoms with E-state index >= 15 is 0 Å². The van der Waals surface area contributed by atoms with Gasteiger partial charge in [-0.25, -0.2) is 0 Å². The highest BCUT2D eigenvalue weighted by Crippen LogP contribution is 2.16. The number of hydrogen-bond acceptors (Lipinski definition) is 3. The van der Waals surface area contributed by atoms with E-state index in [0.717, 1.165) is 24.5 Å². The molecule has 3 nitrogen and oxygen atoms in total. The van der Waals surface area contributed by atoms with Crippen LogP contribution in [0.25, 0.3) is 0 Å². The Morgan fingerprint density at radius 3 is 2.00 bits per heavy atom. The van der Waals surface area contributed by atoms with Crippen LogP contribution in [0.2, 0.25) is 0 Å². The second-order valence-electron chi connectivity index (χ2n) is 5.71. The first kappa shape index (κ1) is 28.2. The van der Waals surface area contributed by atoms with Crippen molar-refractivity contribution in [1.29, 1.82) is 0 Å². The molecule has 0 atom stereocenters. The number of aliphatic hydroxyl groups is 1. The molecule has 0 aliphatic heterocycles. The number of hydrogen-bond donors (Lipinski definition) is 1. The van der Waals surface area contributed by atoms with Gasteiger partial charge in [-0.1, -0.05) is 71.4 Å². The van der Waals surface area contributed by atoms with Gasteiger partial charge in [0.1, 0.15) is 11.5 Å². The predicted octanol–water partition coefficient (Wildman–Crippen LogP) is 6.98. The number of para-hydroxylation sites is 1. The molecule has 28 heavy (non-hydrogen) atoms. The molecule has 0 spiro atoms. The minimum atomic E-state index is 0.186. The summed E-state index contributed by atoms with van der Waals surface area (Å²) in [6, 6.07) is 16.0. The van der Waals surface area contributed by atoms with Crippen LogP contribution in [0, 0.1) is 13.8 Å². The molecule has 0 unspecified atom stereocenters. The number of ether oxygens (including phenoxy) is 2. The molecular formula is C25H42O3. The van der Waals surface area contributed by atoms with Crippen molar-refractivity contribution >= 4 is 0 Å². The van der Waals surface area contributed by atoms with Gasteiger partial charge in [0.05, 0.1) is 13.2 Å². The van der Waals surface area contributed by atoms with Crippen LogP contribution in [0.3, 0.4) is 0 Å². The Bertz CT molecular complexity index is 567. The average Bonchev–Trinajstić information content (AvgIpc) is 2.73. The molecule has 1 N–H and O–H groups in total. The number of aliphatic hydroxyl groups excluding tert-OH is 1. The fourth-order valence-electron chi connectivity index (χ4n) is 2.00. The van der Waals surface area contributed by atoms with E-state index in [1.54, 1.807) is 0 Å². The lowest BCUT2D eigenvalue weighted by atomic mass is 10.2. The van der Waals surface area contributed by atoms with Gasteiger partial charge in [0.15, 0.2) is 0 Å². The average molecular weight is 391 g/mol. The van der Waals surface area contributed by atoms with E-state index in [-0.39, 0.29) is 6.61 Å². The highest BCUT2D eigenvalue weighted by atomic mass is 16.5. The molecule has 0 heterocycles. The molecule has 0 saturated carbocycles. The summed E-state index contributed by atoms with van der Waals surface area (Å²) in [5, 5.41) is 8.52. The lowest BCUT2D eigenvalue weighted by molar-refractivity contribution is 0.233. The number of rotatable bonds is 8. The molecule has 2 aromatic carbocycles. The van der Waals surface area contributed by atoms with Crippen molar-refractivity contribution in [3.63, 3.8) is 0 Å². The lowest BCUT2D eigenvalue weighted by Crippen LogP contribution is -1.99. The third-order valence-corrected chi connectivity index (χ3v) is 3.41. The zero-order chi connectivity index (χ0) is 21.6. The highest BCUT2D eigenvalue weighted by molar-refractivity contribution is 5.31. The molecule has 2 aromatic rings. The summed E-state index contributed by atoms with van der Waals surface area (Å²) in [6.45, 7) is 15.9. The van der Waals surface area contributed by atoms with Crippen LogP contribution in [0.4, 0.5) is 0 Å². The molecule has 0 aromatic heterocycles. The zero-order valence-electron chi connectivity index (χ0n) is 19.1. The summed E-state index contributed by atoms with van der Waals surface area (Å²) in [4.78, 5) is 0. The number of benzene rings is 2. The van der Waals surface area contributed by atoms with Gasteiger partial charge in [-0.05, 0) is 49.6 Å². The first-order valence-electron chi connectivity index (χ1n) is 10.7. The van der Waals surface area contributed by atoms with Gasteiger partial charge in [0.2, 0.25) is 0 Å². The van der Waals surface area contributed by atoms with E-state index in [1.807, 2.05) is 77.1 Å². The van der Waals surface area contributed by atoms with Crippen LogP contribution in [0.15, 0.2) is 48.5 Å². The third kappa shape index (κ3) is 15.1. The van der Waals surface area contributed by atoms with Crippen LogP contribution < -0.4 is 9.47 Å². The van der Waals surface area contributed by atoms with Gasteiger partial charge < -0.3 is 14.6 Å². The van der Waals surface area contributed by atoms with E-state index in [1.165, 1.54) is 17.5 Å². The van der Waals surface area contributed by atoms with Crippen molar-refractivity contribution in [3.05, 3.63) is 59.7 Å². The van der Waals surface area contributed by atoms with Crippen molar-refractivity contribution in [3.8, 4) is 11.5 Å². The van der Waals surface area contributed by atoms with E-state index in [4.69, 9.17) is 14.6 Å². The Morgan fingerprint density at radius 2 is 1.43 bits per heavy atom. The second kappa shape index (κ2) is 21.3. The van der Waals surface area contributed by atoms with Gasteiger partial charge in [-0.3, -0.25) is 0 Å². The predicted molar refractivity (Wildman–Crippen MR) is 123 cm³/mol. The summed E-state index contributed by atoms with van der Waals surface area (Å²) in [6.07, 6.45) is 3.01. The topological polar surface area (TPSA) is 38.7 Å². The monoisotopic (exact) mass is 390 g/mol. The number of unbranched alkanes of at least 4 members (excludes halogenated alkanes) is 1. The summed E-state index contributed by atoms with van der Waals surface area (Å²) in [7, 11) is 0. The molecule has 0 saturated heterocycles. The summed E-state index contributed by atoms with van der Waals surface area (Å²) < 4.78 is 10.9. The van der Waals surface area contributed by atoms with Crippen molar-refractivity contribution in [2.24, 2.45) is 0 Å². The van der Waals surface area contributed by atoms with E-state index in [0.29, 0.717) is 13.0 Å². The van der Waals surface area contributed by atoms with Crippen LogP contribution >= 0.6 is 0 Å². The maximum atomic E-state index is 8.52. The molecule has 0 amide bonds. The molecule has 0 radical (unpaired) electrons. The Morgan fingerprint density at radius 1 is 0.786 bits per heavy atom. The lowest BCUT2D eigenvalue weighted by Gasteiger charge is -2.07. The van der Waals surface area contributed by atoms with Crippen molar-refractivity contribution in [1.82, 2.24) is 0 Å². The van der Waals surface area contributed by atoms with Gasteiger partial charge >= 0.3 is 0 Å². The maximum absolute atomic E-state index is 8.52.